The SMILES string of the molecule is [2H]C([2H])([2H])C1(C([2H])([2H])[2H])C(=O)N(c2ccc(C#N)c(C(F)(F)F)c2)C(=S)N1c1ccc(C(N)=O)c(F)c1. The summed E-state index contributed by atoms with van der Waals surface area (Å²) < 4.78 is 103. The number of nitrogens with zero attached hydrogens (tertiary/aromatic N) is 3. The lowest BCUT2D eigenvalue weighted by molar-refractivity contribution is -0.137. The summed E-state index contributed by atoms with van der Waals surface area (Å²) in [7, 11) is 0. The van der Waals surface area contributed by atoms with E-state index in [0.29, 0.717) is 23.1 Å². The molecule has 3 rings (SSSR count). The summed E-state index contributed by atoms with van der Waals surface area (Å²) >= 11 is 5.19. The molecule has 1 heterocycles. The number of benzene rings is 2. The molecule has 0 saturated carbocycles. The van der Waals surface area contributed by atoms with Crippen LogP contribution in [0.4, 0.5) is 28.9 Å². The third kappa shape index (κ3) is 3.59. The van der Waals surface area contributed by atoms with Gasteiger partial charge in [-0.3, -0.25) is 14.5 Å². The minimum Gasteiger partial charge on any atom is -0.366 e. The topological polar surface area (TPSA) is 90.4 Å². The van der Waals surface area contributed by atoms with E-state index in [9.17, 15) is 27.2 Å². The van der Waals surface area contributed by atoms with Crippen LogP contribution in [0.2, 0.25) is 0 Å². The van der Waals surface area contributed by atoms with E-state index in [4.69, 9.17) is 31.4 Å². The molecule has 1 aliphatic heterocycles. The van der Waals surface area contributed by atoms with Crippen molar-refractivity contribution in [1.29, 1.82) is 5.26 Å². The van der Waals surface area contributed by atoms with Crippen LogP contribution < -0.4 is 15.5 Å². The molecular weight excluding hydrogens is 436 g/mol. The van der Waals surface area contributed by atoms with Crippen LogP contribution in [-0.2, 0) is 11.0 Å². The highest BCUT2D eigenvalue weighted by Gasteiger charge is 2.50. The Kier molecular flexibility index (Phi) is 3.61. The van der Waals surface area contributed by atoms with Gasteiger partial charge in [0.1, 0.15) is 11.4 Å². The first-order chi connectivity index (χ1) is 16.8. The quantitative estimate of drug-likeness (QED) is 0.562. The Bertz CT molecular complexity index is 1360. The van der Waals surface area contributed by atoms with E-state index >= 15 is 0 Å². The van der Waals surface area contributed by atoms with Crippen LogP contribution in [0.5, 0.6) is 0 Å². The number of carbonyl (C=O) groups excluding carboxylic acids is 2. The smallest absolute Gasteiger partial charge is 0.366 e. The average molecular weight is 456 g/mol. The number of amides is 2. The van der Waals surface area contributed by atoms with Gasteiger partial charge in [-0.1, -0.05) is 0 Å². The van der Waals surface area contributed by atoms with Gasteiger partial charge in [-0.05, 0) is 62.3 Å². The highest BCUT2D eigenvalue weighted by molar-refractivity contribution is 7.81. The van der Waals surface area contributed by atoms with Crippen LogP contribution in [0.3, 0.4) is 0 Å². The summed E-state index contributed by atoms with van der Waals surface area (Å²) in [6.07, 6.45) is -5.08. The summed E-state index contributed by atoms with van der Waals surface area (Å²) in [4.78, 5) is 25.6. The van der Waals surface area contributed by atoms with E-state index < -0.39 is 76.2 Å². The van der Waals surface area contributed by atoms with Crippen molar-refractivity contribution in [2.75, 3.05) is 9.80 Å². The number of anilines is 2. The first kappa shape index (κ1) is 15.3. The Labute approximate surface area is 187 Å². The second-order valence-electron chi connectivity index (χ2n) is 6.34. The Balaban J connectivity index is 2.38. The summed E-state index contributed by atoms with van der Waals surface area (Å²) in [5.74, 6) is -4.25. The predicted molar refractivity (Wildman–Crippen MR) is 108 cm³/mol. The van der Waals surface area contributed by atoms with Gasteiger partial charge in [0.25, 0.3) is 11.8 Å². The molecule has 2 aromatic carbocycles. The molecule has 0 unspecified atom stereocenters. The number of thiocarbonyl (C=S) groups is 1. The fraction of sp³-hybridized carbons (Fsp3) is 0.200. The van der Waals surface area contributed by atoms with Gasteiger partial charge < -0.3 is 10.6 Å². The van der Waals surface area contributed by atoms with Crippen molar-refractivity contribution < 1.29 is 35.4 Å². The van der Waals surface area contributed by atoms with Crippen molar-refractivity contribution in [3.63, 3.8) is 0 Å². The fourth-order valence-corrected chi connectivity index (χ4v) is 3.40. The number of primary amides is 1. The van der Waals surface area contributed by atoms with Crippen LogP contribution in [0.15, 0.2) is 36.4 Å². The van der Waals surface area contributed by atoms with Gasteiger partial charge in [0, 0.05) is 13.9 Å². The van der Waals surface area contributed by atoms with Crippen molar-refractivity contribution >= 4 is 40.5 Å². The minimum atomic E-state index is -5.08. The van der Waals surface area contributed by atoms with Gasteiger partial charge in [-0.25, -0.2) is 4.39 Å². The maximum absolute atomic E-state index is 14.6. The van der Waals surface area contributed by atoms with Crippen LogP contribution >= 0.6 is 12.2 Å². The standard InChI is InChI=1S/C20H14F4N4O2S/c1-19(2)17(30)27(11-4-3-10(9-25)14(7-11)20(22,23)24)18(31)28(19)12-5-6-13(16(26)29)15(21)8-12/h3-8H,1-2H3,(H2,26,29)/i1D3,2D3. The van der Waals surface area contributed by atoms with Crippen molar-refractivity contribution in [2.24, 2.45) is 5.73 Å². The average Bonchev–Trinajstić information content (AvgIpc) is 2.99. The lowest BCUT2D eigenvalue weighted by atomic mass is 10.0. The van der Waals surface area contributed by atoms with E-state index in [1.165, 1.54) is 6.07 Å². The summed E-state index contributed by atoms with van der Waals surface area (Å²) in [6.45, 7) is -7.40. The Morgan fingerprint density at radius 2 is 1.87 bits per heavy atom. The van der Waals surface area contributed by atoms with Crippen molar-refractivity contribution in [3.8, 4) is 6.07 Å². The zero-order chi connectivity index (χ0) is 28.3. The highest BCUT2D eigenvalue weighted by atomic mass is 32.1. The molecule has 2 N–H and O–H groups in total. The Morgan fingerprint density at radius 1 is 1.23 bits per heavy atom. The van der Waals surface area contributed by atoms with Crippen molar-refractivity contribution in [3.05, 3.63) is 58.9 Å². The number of hydrogen-bond donors (Lipinski definition) is 1. The van der Waals surface area contributed by atoms with Gasteiger partial charge in [0.05, 0.1) is 28.4 Å². The highest BCUT2D eigenvalue weighted by Crippen LogP contribution is 2.39. The largest absolute Gasteiger partial charge is 0.417 e. The lowest BCUT2D eigenvalue weighted by Gasteiger charge is -2.29. The molecular formula is C20H14F4N4O2S. The van der Waals surface area contributed by atoms with E-state index in [1.807, 2.05) is 0 Å². The lowest BCUT2D eigenvalue weighted by Crippen LogP contribution is -2.44. The number of rotatable bonds is 3. The molecule has 2 amide bonds. The van der Waals surface area contributed by atoms with Crippen LogP contribution in [0.1, 0.15) is 43.4 Å². The molecule has 11 heteroatoms. The molecule has 1 fully saturated rings. The zero-order valence-electron chi connectivity index (χ0n) is 21.1. The second-order valence-corrected chi connectivity index (χ2v) is 6.70. The van der Waals surface area contributed by atoms with Gasteiger partial charge in [-0.15, -0.1) is 0 Å². The summed E-state index contributed by atoms with van der Waals surface area (Å²) in [5.41, 5.74) is -2.70. The maximum Gasteiger partial charge on any atom is 0.417 e. The second kappa shape index (κ2) is 7.31. The number of hydrogen-bond acceptors (Lipinski definition) is 4. The first-order valence-electron chi connectivity index (χ1n) is 11.2. The maximum atomic E-state index is 14.6. The molecule has 1 aliphatic rings. The van der Waals surface area contributed by atoms with Gasteiger partial charge in [0.15, 0.2) is 5.11 Å². The van der Waals surface area contributed by atoms with E-state index in [0.717, 1.165) is 18.2 Å². The monoisotopic (exact) mass is 456 g/mol. The Morgan fingerprint density at radius 3 is 2.39 bits per heavy atom. The number of nitriles is 1. The predicted octanol–water partition coefficient (Wildman–Crippen LogP) is 3.73. The van der Waals surface area contributed by atoms with Gasteiger partial charge >= 0.3 is 6.18 Å². The Hall–Kier alpha value is -3.52. The van der Waals surface area contributed by atoms with Crippen LogP contribution in [0, 0.1) is 17.1 Å². The molecule has 0 radical (unpaired) electrons. The normalized spacial score (nSPS) is 19.6. The van der Waals surface area contributed by atoms with Gasteiger partial charge in [-0.2, -0.15) is 18.4 Å². The third-order valence-corrected chi connectivity index (χ3v) is 4.76. The van der Waals surface area contributed by atoms with Gasteiger partial charge in [0.2, 0.25) is 0 Å². The van der Waals surface area contributed by atoms with E-state index in [1.54, 1.807) is 0 Å². The molecule has 0 aliphatic carbocycles. The van der Waals surface area contributed by atoms with Crippen LogP contribution in [-0.4, -0.2) is 22.5 Å². The summed E-state index contributed by atoms with van der Waals surface area (Å²) in [5, 5.41) is 8.13. The summed E-state index contributed by atoms with van der Waals surface area (Å²) in [6, 6.07) is 5.44. The van der Waals surface area contributed by atoms with Crippen LogP contribution in [0.25, 0.3) is 0 Å². The molecule has 0 bridgehead atoms. The molecule has 6 nitrogen and oxygen atoms in total. The molecule has 160 valence electrons. The van der Waals surface area contributed by atoms with Crippen molar-refractivity contribution in [2.45, 2.75) is 25.4 Å². The molecule has 2 aromatic rings. The van der Waals surface area contributed by atoms with E-state index in [2.05, 4.69) is 0 Å². The number of nitrogens with two attached hydrogens (primary N) is 1. The fourth-order valence-electron chi connectivity index (χ4n) is 2.97. The van der Waals surface area contributed by atoms with Crippen molar-refractivity contribution in [1.82, 2.24) is 0 Å². The zero-order valence-corrected chi connectivity index (χ0v) is 15.9. The minimum absolute atomic E-state index is 0.268. The first-order valence-corrected chi connectivity index (χ1v) is 8.61. The molecule has 1 saturated heterocycles. The molecule has 0 atom stereocenters. The third-order valence-electron chi connectivity index (χ3n) is 4.39. The molecule has 0 aromatic heterocycles. The molecule has 31 heavy (non-hydrogen) atoms. The number of carbonyl (C=O) groups is 2. The number of halogens is 4. The van der Waals surface area contributed by atoms with E-state index in [-0.39, 0.29) is 4.90 Å². The molecule has 0 spiro atoms. The number of alkyl halides is 3.